The minimum Gasteiger partial charge on any atom is -0.381 e. The number of aromatic nitrogens is 2. The van der Waals surface area contributed by atoms with Crippen LogP contribution in [0.5, 0.6) is 0 Å². The van der Waals surface area contributed by atoms with Crippen molar-refractivity contribution in [3.63, 3.8) is 0 Å². The predicted molar refractivity (Wildman–Crippen MR) is 72.7 cm³/mol. The SMILES string of the molecule is c1cc2cn[nH]c2cc1NC1CN2CCC1CC2. The van der Waals surface area contributed by atoms with Crippen molar-refractivity contribution >= 4 is 16.6 Å². The quantitative estimate of drug-likeness (QED) is 0.847. The molecule has 1 unspecified atom stereocenters. The van der Waals surface area contributed by atoms with Crippen LogP contribution in [0.25, 0.3) is 10.9 Å². The topological polar surface area (TPSA) is 44.0 Å². The third-order valence-electron chi connectivity index (χ3n) is 4.45. The van der Waals surface area contributed by atoms with Crippen molar-refractivity contribution in [2.75, 3.05) is 25.0 Å². The van der Waals surface area contributed by atoms with Crippen molar-refractivity contribution in [1.29, 1.82) is 0 Å². The highest BCUT2D eigenvalue weighted by atomic mass is 15.2. The molecule has 2 N–H and O–H groups in total. The number of anilines is 1. The Morgan fingerprint density at radius 3 is 2.94 bits per heavy atom. The monoisotopic (exact) mass is 242 g/mol. The first kappa shape index (κ1) is 10.4. The number of rotatable bonds is 2. The lowest BCUT2D eigenvalue weighted by Gasteiger charge is -2.45. The second-order valence-electron chi connectivity index (χ2n) is 5.56. The summed E-state index contributed by atoms with van der Waals surface area (Å²) in [5.74, 6) is 0.854. The Kier molecular flexibility index (Phi) is 2.30. The minimum atomic E-state index is 0.618. The minimum absolute atomic E-state index is 0.618. The van der Waals surface area contributed by atoms with Gasteiger partial charge in [-0.2, -0.15) is 5.10 Å². The highest BCUT2D eigenvalue weighted by molar-refractivity contribution is 5.81. The molecule has 1 aromatic carbocycles. The van der Waals surface area contributed by atoms with E-state index in [2.05, 4.69) is 38.6 Å². The van der Waals surface area contributed by atoms with Gasteiger partial charge in [-0.1, -0.05) is 0 Å². The Morgan fingerprint density at radius 1 is 1.28 bits per heavy atom. The Bertz CT molecular complexity index is 554. The van der Waals surface area contributed by atoms with Gasteiger partial charge in [0.25, 0.3) is 0 Å². The molecule has 2 bridgehead atoms. The van der Waals surface area contributed by atoms with Gasteiger partial charge in [0.1, 0.15) is 0 Å². The summed E-state index contributed by atoms with van der Waals surface area (Å²) in [4.78, 5) is 2.58. The average Bonchev–Trinajstić information content (AvgIpc) is 2.87. The van der Waals surface area contributed by atoms with Gasteiger partial charge in [0.05, 0.1) is 11.7 Å². The van der Waals surface area contributed by atoms with Crippen LogP contribution in [-0.2, 0) is 0 Å². The summed E-state index contributed by atoms with van der Waals surface area (Å²) < 4.78 is 0. The zero-order valence-corrected chi connectivity index (χ0v) is 10.4. The highest BCUT2D eigenvalue weighted by Crippen LogP contribution is 2.30. The van der Waals surface area contributed by atoms with Gasteiger partial charge in [0.15, 0.2) is 0 Å². The maximum atomic E-state index is 4.07. The summed E-state index contributed by atoms with van der Waals surface area (Å²) >= 11 is 0. The fraction of sp³-hybridized carbons (Fsp3) is 0.500. The predicted octanol–water partition coefficient (Wildman–Crippen LogP) is 2.07. The normalized spacial score (nSPS) is 30.8. The second kappa shape index (κ2) is 3.99. The third-order valence-corrected chi connectivity index (χ3v) is 4.45. The molecule has 3 saturated heterocycles. The molecule has 0 saturated carbocycles. The van der Waals surface area contributed by atoms with Gasteiger partial charge < -0.3 is 10.2 Å². The van der Waals surface area contributed by atoms with Crippen LogP contribution in [0.3, 0.4) is 0 Å². The van der Waals surface area contributed by atoms with Gasteiger partial charge in [-0.05, 0) is 50.0 Å². The van der Waals surface area contributed by atoms with Crippen molar-refractivity contribution in [3.05, 3.63) is 24.4 Å². The van der Waals surface area contributed by atoms with Crippen LogP contribution in [0.2, 0.25) is 0 Å². The Labute approximate surface area is 106 Å². The smallest absolute Gasteiger partial charge is 0.0670 e. The molecule has 18 heavy (non-hydrogen) atoms. The summed E-state index contributed by atoms with van der Waals surface area (Å²) in [5, 5.41) is 12.0. The fourth-order valence-corrected chi connectivity index (χ4v) is 3.37. The molecule has 3 aliphatic rings. The molecule has 0 radical (unpaired) electrons. The van der Waals surface area contributed by atoms with E-state index >= 15 is 0 Å². The number of H-pyrrole nitrogens is 1. The van der Waals surface area contributed by atoms with Gasteiger partial charge >= 0.3 is 0 Å². The Morgan fingerprint density at radius 2 is 2.17 bits per heavy atom. The van der Waals surface area contributed by atoms with Gasteiger partial charge in [-0.25, -0.2) is 0 Å². The molecule has 3 aliphatic heterocycles. The number of nitrogens with zero attached hydrogens (tertiary/aromatic N) is 2. The van der Waals surface area contributed by atoms with Crippen LogP contribution >= 0.6 is 0 Å². The lowest BCUT2D eigenvalue weighted by molar-refractivity contribution is 0.0975. The molecule has 4 heteroatoms. The molecule has 4 nitrogen and oxygen atoms in total. The van der Waals surface area contributed by atoms with E-state index in [1.807, 2.05) is 6.20 Å². The van der Waals surface area contributed by atoms with Crippen molar-refractivity contribution in [2.24, 2.45) is 5.92 Å². The standard InChI is InChI=1S/C14H18N4/c1-2-12(7-13-11(1)8-15-17-13)16-14-9-18-5-3-10(14)4-6-18/h1-2,7-8,10,14,16H,3-6,9H2,(H,15,17). The zero-order valence-electron chi connectivity index (χ0n) is 10.4. The fourth-order valence-electron chi connectivity index (χ4n) is 3.37. The van der Waals surface area contributed by atoms with Crippen molar-refractivity contribution in [2.45, 2.75) is 18.9 Å². The summed E-state index contributed by atoms with van der Waals surface area (Å²) in [6.07, 6.45) is 4.57. The van der Waals surface area contributed by atoms with Crippen molar-refractivity contribution in [1.82, 2.24) is 15.1 Å². The summed E-state index contributed by atoms with van der Waals surface area (Å²) in [6.45, 7) is 3.79. The van der Waals surface area contributed by atoms with E-state index in [1.165, 1.54) is 43.5 Å². The first-order valence-electron chi connectivity index (χ1n) is 6.80. The third kappa shape index (κ3) is 1.68. The molecule has 94 valence electrons. The van der Waals surface area contributed by atoms with Gasteiger partial charge in [-0.3, -0.25) is 5.10 Å². The molecule has 2 aromatic rings. The first-order valence-corrected chi connectivity index (χ1v) is 6.80. The van der Waals surface area contributed by atoms with Crippen LogP contribution in [0.4, 0.5) is 5.69 Å². The molecular weight excluding hydrogens is 224 g/mol. The van der Waals surface area contributed by atoms with Crippen molar-refractivity contribution < 1.29 is 0 Å². The largest absolute Gasteiger partial charge is 0.381 e. The molecule has 1 aromatic heterocycles. The Hall–Kier alpha value is -1.55. The zero-order chi connectivity index (χ0) is 11.9. The Balaban J connectivity index is 1.56. The number of hydrogen-bond donors (Lipinski definition) is 2. The van der Waals surface area contributed by atoms with E-state index in [-0.39, 0.29) is 0 Å². The number of piperidine rings is 3. The molecule has 3 fully saturated rings. The highest BCUT2D eigenvalue weighted by Gasteiger charge is 2.33. The van der Waals surface area contributed by atoms with Crippen LogP contribution in [0, 0.1) is 5.92 Å². The van der Waals surface area contributed by atoms with Gasteiger partial charge in [0, 0.05) is 23.7 Å². The summed E-state index contributed by atoms with van der Waals surface area (Å²) in [5.41, 5.74) is 2.33. The van der Waals surface area contributed by atoms with Crippen LogP contribution in [0.1, 0.15) is 12.8 Å². The van der Waals surface area contributed by atoms with Gasteiger partial charge in [0.2, 0.25) is 0 Å². The van der Waals surface area contributed by atoms with E-state index in [4.69, 9.17) is 0 Å². The summed E-state index contributed by atoms with van der Waals surface area (Å²) in [6, 6.07) is 7.07. The van der Waals surface area contributed by atoms with Gasteiger partial charge in [-0.15, -0.1) is 0 Å². The number of benzene rings is 1. The molecule has 4 heterocycles. The van der Waals surface area contributed by atoms with Crippen LogP contribution < -0.4 is 5.32 Å². The van der Waals surface area contributed by atoms with E-state index in [1.54, 1.807) is 0 Å². The maximum absolute atomic E-state index is 4.07. The maximum Gasteiger partial charge on any atom is 0.0670 e. The number of nitrogens with one attached hydrogen (secondary N) is 2. The van der Waals surface area contributed by atoms with E-state index in [0.717, 1.165) is 11.4 Å². The second-order valence-corrected chi connectivity index (χ2v) is 5.56. The summed E-state index contributed by atoms with van der Waals surface area (Å²) in [7, 11) is 0. The molecule has 0 spiro atoms. The molecule has 0 aliphatic carbocycles. The number of fused-ring (bicyclic) bond motifs is 4. The van der Waals surface area contributed by atoms with E-state index in [0.29, 0.717) is 6.04 Å². The van der Waals surface area contributed by atoms with Crippen molar-refractivity contribution in [3.8, 4) is 0 Å². The lowest BCUT2D eigenvalue weighted by Crippen LogP contribution is -2.53. The molecule has 0 amide bonds. The number of hydrogen-bond acceptors (Lipinski definition) is 3. The van der Waals surface area contributed by atoms with E-state index in [9.17, 15) is 0 Å². The van der Waals surface area contributed by atoms with E-state index < -0.39 is 0 Å². The lowest BCUT2D eigenvalue weighted by atomic mass is 9.84. The number of aromatic amines is 1. The molecule has 1 atom stereocenters. The van der Waals surface area contributed by atoms with Crippen LogP contribution in [-0.4, -0.2) is 40.8 Å². The molecular formula is C14H18N4. The van der Waals surface area contributed by atoms with Crippen LogP contribution in [0.15, 0.2) is 24.4 Å². The first-order chi connectivity index (χ1) is 8.88. The molecule has 5 rings (SSSR count). The average molecular weight is 242 g/mol.